The van der Waals surface area contributed by atoms with E-state index in [0.717, 1.165) is 0 Å². The predicted molar refractivity (Wildman–Crippen MR) is 45.2 cm³/mol. The molecule has 1 unspecified atom stereocenters. The van der Waals surface area contributed by atoms with E-state index in [0.29, 0.717) is 0 Å². The molecular formula is C9H13NO2. The second kappa shape index (κ2) is 4.58. The molecule has 0 saturated carbocycles. The zero-order chi connectivity index (χ0) is 9.61. The molecule has 0 saturated heterocycles. The van der Waals surface area contributed by atoms with E-state index in [-0.39, 0.29) is 5.76 Å². The highest BCUT2D eigenvalue weighted by Crippen LogP contribution is 2.18. The lowest BCUT2D eigenvalue weighted by atomic mass is 10.1. The van der Waals surface area contributed by atoms with Gasteiger partial charge in [-0.3, -0.25) is 0 Å². The van der Waals surface area contributed by atoms with Crippen molar-refractivity contribution in [2.75, 3.05) is 0 Å². The Balaban J connectivity index is 0.000000561. The summed E-state index contributed by atoms with van der Waals surface area (Å²) in [6, 6.07) is 4.89. The molecule has 0 radical (unpaired) electrons. The first-order chi connectivity index (χ1) is 5.67. The molecule has 0 aliphatic carbocycles. The number of hydrogen-bond donors (Lipinski definition) is 1. The molecule has 1 aromatic heterocycles. The first-order valence-corrected chi connectivity index (χ1v) is 3.84. The fourth-order valence-corrected chi connectivity index (χ4v) is 0.611. The van der Waals surface area contributed by atoms with Crippen LogP contribution in [0.2, 0.25) is 0 Å². The van der Waals surface area contributed by atoms with Crippen molar-refractivity contribution in [3.63, 3.8) is 0 Å². The minimum atomic E-state index is -1.50. The maximum atomic E-state index is 9.23. The fourth-order valence-electron chi connectivity index (χ4n) is 0.611. The van der Waals surface area contributed by atoms with E-state index in [1.807, 2.05) is 13.8 Å². The topological polar surface area (TPSA) is 57.2 Å². The van der Waals surface area contributed by atoms with Crippen LogP contribution in [0.4, 0.5) is 0 Å². The van der Waals surface area contributed by atoms with Gasteiger partial charge in [0.05, 0.1) is 6.26 Å². The van der Waals surface area contributed by atoms with Gasteiger partial charge < -0.3 is 9.52 Å². The van der Waals surface area contributed by atoms with Crippen molar-refractivity contribution >= 4 is 0 Å². The van der Waals surface area contributed by atoms with Crippen LogP contribution >= 0.6 is 0 Å². The van der Waals surface area contributed by atoms with E-state index < -0.39 is 5.60 Å². The summed E-state index contributed by atoms with van der Waals surface area (Å²) >= 11 is 0. The maximum Gasteiger partial charge on any atom is 0.206 e. The Labute approximate surface area is 72.2 Å². The Kier molecular flexibility index (Phi) is 4.09. The van der Waals surface area contributed by atoms with Gasteiger partial charge in [-0.15, -0.1) is 0 Å². The molecule has 0 spiro atoms. The molecule has 3 heteroatoms. The van der Waals surface area contributed by atoms with Crippen LogP contribution in [0.1, 0.15) is 26.5 Å². The summed E-state index contributed by atoms with van der Waals surface area (Å²) in [5, 5.41) is 17.6. The third kappa shape index (κ3) is 2.40. The summed E-state index contributed by atoms with van der Waals surface area (Å²) in [4.78, 5) is 0. The Morgan fingerprint density at radius 1 is 1.58 bits per heavy atom. The molecule has 0 bridgehead atoms. The molecule has 1 heterocycles. The summed E-state index contributed by atoms with van der Waals surface area (Å²) in [6.07, 6.45) is 1.42. The lowest BCUT2D eigenvalue weighted by molar-refractivity contribution is 0.0931. The van der Waals surface area contributed by atoms with Gasteiger partial charge in [-0.05, 0) is 19.1 Å². The Bertz CT molecular complexity index is 244. The minimum absolute atomic E-state index is 0.273. The summed E-state index contributed by atoms with van der Waals surface area (Å²) in [5.74, 6) is 0.273. The van der Waals surface area contributed by atoms with E-state index in [1.54, 1.807) is 18.2 Å². The van der Waals surface area contributed by atoms with Crippen molar-refractivity contribution in [2.45, 2.75) is 26.4 Å². The van der Waals surface area contributed by atoms with Crippen molar-refractivity contribution in [2.24, 2.45) is 0 Å². The molecule has 1 rings (SSSR count). The average molecular weight is 167 g/mol. The predicted octanol–water partition coefficient (Wildman–Crippen LogP) is 2.04. The highest BCUT2D eigenvalue weighted by Gasteiger charge is 2.24. The molecule has 0 fully saturated rings. The normalized spacial score (nSPS) is 13.6. The van der Waals surface area contributed by atoms with Gasteiger partial charge in [0, 0.05) is 0 Å². The number of nitrogens with zero attached hydrogens (tertiary/aromatic N) is 1. The molecule has 0 aliphatic heterocycles. The van der Waals surface area contributed by atoms with Crippen LogP contribution in [0.3, 0.4) is 0 Å². The largest absolute Gasteiger partial charge is 0.465 e. The summed E-state index contributed by atoms with van der Waals surface area (Å²) in [6.45, 7) is 5.38. The van der Waals surface area contributed by atoms with Gasteiger partial charge in [0.25, 0.3) is 0 Å². The molecule has 1 N–H and O–H groups in total. The van der Waals surface area contributed by atoms with Crippen LogP contribution in [0.5, 0.6) is 0 Å². The van der Waals surface area contributed by atoms with Gasteiger partial charge in [0.2, 0.25) is 5.60 Å². The monoisotopic (exact) mass is 167 g/mol. The lowest BCUT2D eigenvalue weighted by Gasteiger charge is -2.08. The Hall–Kier alpha value is -1.27. The first kappa shape index (κ1) is 10.7. The number of furan rings is 1. The summed E-state index contributed by atoms with van der Waals surface area (Å²) in [7, 11) is 0. The smallest absolute Gasteiger partial charge is 0.206 e. The number of rotatable bonds is 1. The maximum absolute atomic E-state index is 9.23. The summed E-state index contributed by atoms with van der Waals surface area (Å²) in [5.41, 5.74) is -1.50. The Morgan fingerprint density at radius 3 is 2.50 bits per heavy atom. The van der Waals surface area contributed by atoms with Gasteiger partial charge in [0.1, 0.15) is 11.8 Å². The van der Waals surface area contributed by atoms with E-state index in [4.69, 9.17) is 9.68 Å². The lowest BCUT2D eigenvalue weighted by Crippen LogP contribution is -2.16. The van der Waals surface area contributed by atoms with Gasteiger partial charge in [0.15, 0.2) is 0 Å². The van der Waals surface area contributed by atoms with Crippen molar-refractivity contribution in [1.29, 1.82) is 5.26 Å². The number of hydrogen-bond acceptors (Lipinski definition) is 3. The highest BCUT2D eigenvalue weighted by atomic mass is 16.4. The van der Waals surface area contributed by atoms with Crippen LogP contribution in [-0.2, 0) is 5.60 Å². The first-order valence-electron chi connectivity index (χ1n) is 3.84. The molecule has 66 valence electrons. The highest BCUT2D eigenvalue weighted by molar-refractivity contribution is 5.16. The number of aliphatic hydroxyl groups is 1. The van der Waals surface area contributed by atoms with E-state index in [2.05, 4.69) is 0 Å². The van der Waals surface area contributed by atoms with Crippen molar-refractivity contribution in [3.8, 4) is 6.07 Å². The van der Waals surface area contributed by atoms with E-state index in [9.17, 15) is 5.11 Å². The molecular weight excluding hydrogens is 154 g/mol. The second-order valence-electron chi connectivity index (χ2n) is 2.16. The molecule has 3 nitrogen and oxygen atoms in total. The van der Waals surface area contributed by atoms with Crippen LogP contribution in [0.15, 0.2) is 22.8 Å². The van der Waals surface area contributed by atoms with Crippen LogP contribution in [0, 0.1) is 11.3 Å². The molecule has 0 aliphatic rings. The molecule has 1 atom stereocenters. The van der Waals surface area contributed by atoms with Crippen LogP contribution < -0.4 is 0 Å². The zero-order valence-electron chi connectivity index (χ0n) is 7.53. The van der Waals surface area contributed by atoms with Gasteiger partial charge in [-0.2, -0.15) is 5.26 Å². The minimum Gasteiger partial charge on any atom is -0.465 e. The van der Waals surface area contributed by atoms with Crippen LogP contribution in [0.25, 0.3) is 0 Å². The fraction of sp³-hybridized carbons (Fsp3) is 0.444. The quantitative estimate of drug-likeness (QED) is 0.651. The molecule has 12 heavy (non-hydrogen) atoms. The standard InChI is InChI=1S/C7H7NO2.C2H6/c1-7(9,5-8)6-3-2-4-10-6;1-2/h2-4,9H,1H3;1-2H3. The molecule has 1 aromatic rings. The third-order valence-corrected chi connectivity index (χ3v) is 1.22. The van der Waals surface area contributed by atoms with Gasteiger partial charge in [-0.25, -0.2) is 0 Å². The molecule has 0 amide bonds. The average Bonchev–Trinajstić information content (AvgIpc) is 2.61. The van der Waals surface area contributed by atoms with Crippen molar-refractivity contribution in [3.05, 3.63) is 24.2 Å². The molecule has 0 aromatic carbocycles. The Morgan fingerprint density at radius 2 is 2.17 bits per heavy atom. The second-order valence-corrected chi connectivity index (χ2v) is 2.16. The summed E-state index contributed by atoms with van der Waals surface area (Å²) < 4.78 is 4.82. The van der Waals surface area contributed by atoms with E-state index in [1.165, 1.54) is 13.2 Å². The van der Waals surface area contributed by atoms with Gasteiger partial charge in [-0.1, -0.05) is 13.8 Å². The van der Waals surface area contributed by atoms with Crippen molar-refractivity contribution in [1.82, 2.24) is 0 Å². The third-order valence-electron chi connectivity index (χ3n) is 1.22. The van der Waals surface area contributed by atoms with Gasteiger partial charge >= 0.3 is 0 Å². The van der Waals surface area contributed by atoms with E-state index >= 15 is 0 Å². The van der Waals surface area contributed by atoms with Crippen molar-refractivity contribution < 1.29 is 9.52 Å². The number of nitriles is 1. The van der Waals surface area contributed by atoms with Crippen LogP contribution in [-0.4, -0.2) is 5.11 Å². The SMILES string of the molecule is CC.CC(O)(C#N)c1ccco1. The zero-order valence-corrected chi connectivity index (χ0v) is 7.53.